The van der Waals surface area contributed by atoms with Gasteiger partial charge in [0.25, 0.3) is 0 Å². The van der Waals surface area contributed by atoms with Crippen molar-refractivity contribution in [3.63, 3.8) is 0 Å². The van der Waals surface area contributed by atoms with Gasteiger partial charge in [-0.3, -0.25) is 4.57 Å². The summed E-state index contributed by atoms with van der Waals surface area (Å²) in [4.78, 5) is 9.99. The molecule has 35 heavy (non-hydrogen) atoms. The van der Waals surface area contributed by atoms with Crippen molar-refractivity contribution in [1.82, 2.24) is 5.32 Å². The van der Waals surface area contributed by atoms with E-state index < -0.39 is 18.8 Å². The number of hydrogen-bond acceptors (Lipinski definition) is 5. The number of hydrogen-bond donors (Lipinski definition) is 2. The molecule has 0 aromatic carbocycles. The summed E-state index contributed by atoms with van der Waals surface area (Å²) < 4.78 is 28.3. The van der Waals surface area contributed by atoms with E-state index in [4.69, 9.17) is 37.2 Å². The summed E-state index contributed by atoms with van der Waals surface area (Å²) in [6.07, 6.45) is 21.1. The zero-order chi connectivity index (χ0) is 26.0. The predicted molar refractivity (Wildman–Crippen MR) is 150 cm³/mol. The smallest absolute Gasteiger partial charge is 0.347 e. The molecular formula is C26H54Cl2NO5P. The van der Waals surface area contributed by atoms with E-state index in [0.29, 0.717) is 25.6 Å². The first-order valence-electron chi connectivity index (χ1n) is 14.0. The Morgan fingerprint density at radius 3 is 1.77 bits per heavy atom. The van der Waals surface area contributed by atoms with Crippen LogP contribution in [0.5, 0.6) is 0 Å². The number of halogens is 2. The van der Waals surface area contributed by atoms with Gasteiger partial charge in [0.15, 0.2) is 0 Å². The first kappa shape index (κ1) is 35.6. The zero-order valence-corrected chi connectivity index (χ0v) is 24.9. The van der Waals surface area contributed by atoms with E-state index in [1.165, 1.54) is 103 Å². The molecule has 0 rings (SSSR count). The van der Waals surface area contributed by atoms with Crippen LogP contribution in [0.2, 0.25) is 0 Å². The van der Waals surface area contributed by atoms with Gasteiger partial charge >= 0.3 is 7.60 Å². The van der Waals surface area contributed by atoms with Gasteiger partial charge in [0.05, 0.1) is 13.2 Å². The fraction of sp³-hybridized carbons (Fsp3) is 1.00. The standard InChI is InChI=1S/C26H54Cl2NO5P/c1-3-4-5-6-7-8-9-10-11-12-13-14-15-16-17-18-21-33-23-25(32-2)24-34-35(30,31)26(28)22-29-20-19-27/h25-26,29H,3-24H2,1-2H3,(H,30,31)/t25-,26?/m1/s1. The lowest BCUT2D eigenvalue weighted by molar-refractivity contribution is -0.0170. The maximum Gasteiger partial charge on any atom is 0.347 e. The Balaban J connectivity index is 3.52. The van der Waals surface area contributed by atoms with Gasteiger partial charge in [-0.15, -0.1) is 23.2 Å². The third-order valence-electron chi connectivity index (χ3n) is 6.16. The third-order valence-corrected chi connectivity index (χ3v) is 8.66. The monoisotopic (exact) mass is 561 g/mol. The van der Waals surface area contributed by atoms with E-state index in [1.807, 2.05) is 0 Å². The average Bonchev–Trinajstić information content (AvgIpc) is 2.85. The van der Waals surface area contributed by atoms with Crippen molar-refractivity contribution < 1.29 is 23.5 Å². The Hall–Kier alpha value is 0.610. The molecule has 0 heterocycles. The first-order valence-corrected chi connectivity index (χ1v) is 16.6. The zero-order valence-electron chi connectivity index (χ0n) is 22.5. The van der Waals surface area contributed by atoms with Crippen molar-refractivity contribution in [3.8, 4) is 0 Å². The van der Waals surface area contributed by atoms with Gasteiger partial charge in [0, 0.05) is 32.7 Å². The van der Waals surface area contributed by atoms with Crippen molar-refractivity contribution in [2.45, 2.75) is 121 Å². The molecule has 9 heteroatoms. The molecule has 0 aliphatic heterocycles. The molecule has 0 aromatic rings. The molecule has 0 spiro atoms. The lowest BCUT2D eigenvalue weighted by Gasteiger charge is -2.21. The summed E-state index contributed by atoms with van der Waals surface area (Å²) in [5, 5.41) is 1.87. The van der Waals surface area contributed by atoms with Crippen molar-refractivity contribution in [2.75, 3.05) is 45.9 Å². The summed E-state index contributed by atoms with van der Waals surface area (Å²) in [6, 6.07) is 0. The molecule has 0 aromatic heterocycles. The predicted octanol–water partition coefficient (Wildman–Crippen LogP) is 7.87. The fourth-order valence-corrected chi connectivity index (χ4v) is 5.14. The van der Waals surface area contributed by atoms with Crippen LogP contribution in [0, 0.1) is 0 Å². The van der Waals surface area contributed by atoms with Gasteiger partial charge in [-0.25, -0.2) is 0 Å². The summed E-state index contributed by atoms with van der Waals surface area (Å²) in [5.41, 5.74) is 0. The second-order valence-electron chi connectivity index (χ2n) is 9.42. The quantitative estimate of drug-likeness (QED) is 0.0574. The average molecular weight is 563 g/mol. The lowest BCUT2D eigenvalue weighted by atomic mass is 10.0. The van der Waals surface area contributed by atoms with Gasteiger partial charge in [0.2, 0.25) is 0 Å². The highest BCUT2D eigenvalue weighted by atomic mass is 35.5. The molecular weight excluding hydrogens is 508 g/mol. The van der Waals surface area contributed by atoms with Crippen LogP contribution in [0.3, 0.4) is 0 Å². The lowest BCUT2D eigenvalue weighted by Crippen LogP contribution is -2.28. The van der Waals surface area contributed by atoms with Crippen LogP contribution in [-0.4, -0.2) is 62.0 Å². The van der Waals surface area contributed by atoms with Crippen LogP contribution in [0.1, 0.15) is 110 Å². The van der Waals surface area contributed by atoms with Crippen LogP contribution < -0.4 is 5.32 Å². The molecule has 2 N–H and O–H groups in total. The number of unbranched alkanes of at least 4 members (excludes halogenated alkanes) is 15. The topological polar surface area (TPSA) is 77.0 Å². The number of ether oxygens (including phenoxy) is 2. The van der Waals surface area contributed by atoms with E-state index >= 15 is 0 Å². The van der Waals surface area contributed by atoms with Crippen LogP contribution in [0.4, 0.5) is 0 Å². The van der Waals surface area contributed by atoms with E-state index in [-0.39, 0.29) is 13.2 Å². The Morgan fingerprint density at radius 1 is 0.829 bits per heavy atom. The van der Waals surface area contributed by atoms with E-state index in [2.05, 4.69) is 12.2 Å². The molecule has 0 saturated carbocycles. The van der Waals surface area contributed by atoms with Gasteiger partial charge in [0.1, 0.15) is 11.2 Å². The normalized spacial score (nSPS) is 15.2. The van der Waals surface area contributed by atoms with Crippen molar-refractivity contribution in [3.05, 3.63) is 0 Å². The van der Waals surface area contributed by atoms with Crippen LogP contribution in [0.15, 0.2) is 0 Å². The number of rotatable bonds is 28. The minimum absolute atomic E-state index is 0.0397. The molecule has 0 amide bonds. The van der Waals surface area contributed by atoms with Gasteiger partial charge in [-0.05, 0) is 6.42 Å². The molecule has 212 valence electrons. The highest BCUT2D eigenvalue weighted by Gasteiger charge is 2.31. The van der Waals surface area contributed by atoms with E-state index in [9.17, 15) is 9.46 Å². The van der Waals surface area contributed by atoms with Crippen LogP contribution in [0.25, 0.3) is 0 Å². The summed E-state index contributed by atoms with van der Waals surface area (Å²) in [5.74, 6) is 0.405. The summed E-state index contributed by atoms with van der Waals surface area (Å²) in [6.45, 7) is 3.88. The molecule has 0 aliphatic rings. The molecule has 0 radical (unpaired) electrons. The molecule has 0 aliphatic carbocycles. The summed E-state index contributed by atoms with van der Waals surface area (Å²) >= 11 is 11.5. The highest BCUT2D eigenvalue weighted by molar-refractivity contribution is 7.55. The van der Waals surface area contributed by atoms with Gasteiger partial charge < -0.3 is 24.2 Å². The van der Waals surface area contributed by atoms with Crippen molar-refractivity contribution >= 4 is 30.8 Å². The maximum atomic E-state index is 12.2. The fourth-order valence-electron chi connectivity index (χ4n) is 3.83. The molecule has 6 nitrogen and oxygen atoms in total. The Kier molecular flexibility index (Phi) is 26.7. The molecule has 0 saturated heterocycles. The number of methoxy groups -OCH3 is 1. The van der Waals surface area contributed by atoms with Crippen LogP contribution >= 0.6 is 30.8 Å². The van der Waals surface area contributed by atoms with Crippen LogP contribution in [-0.2, 0) is 18.6 Å². The first-order chi connectivity index (χ1) is 17.0. The highest BCUT2D eigenvalue weighted by Crippen LogP contribution is 2.49. The van der Waals surface area contributed by atoms with Gasteiger partial charge in [-0.1, -0.05) is 103 Å². The summed E-state index contributed by atoms with van der Waals surface area (Å²) in [7, 11) is -2.41. The van der Waals surface area contributed by atoms with Crippen molar-refractivity contribution in [2.24, 2.45) is 0 Å². The third kappa shape index (κ3) is 23.5. The Labute approximate surface area is 226 Å². The second-order valence-corrected chi connectivity index (χ2v) is 12.6. The molecule has 0 fully saturated rings. The number of nitrogens with one attached hydrogen (secondary N) is 1. The molecule has 2 unspecified atom stereocenters. The van der Waals surface area contributed by atoms with E-state index in [1.54, 1.807) is 0 Å². The largest absolute Gasteiger partial charge is 0.379 e. The Bertz CT molecular complexity index is 491. The maximum absolute atomic E-state index is 12.2. The van der Waals surface area contributed by atoms with Crippen molar-refractivity contribution in [1.29, 1.82) is 0 Å². The Morgan fingerprint density at radius 2 is 1.31 bits per heavy atom. The minimum atomic E-state index is -3.94. The molecule has 0 bridgehead atoms. The van der Waals surface area contributed by atoms with E-state index in [0.717, 1.165) is 6.42 Å². The van der Waals surface area contributed by atoms with Gasteiger partial charge in [-0.2, -0.15) is 0 Å². The second kappa shape index (κ2) is 26.2. The SMILES string of the molecule is CCCCCCCCCCCCCCCCCCOC[C@H](COP(=O)(O)C(Cl)CNCCCl)OC. The minimum Gasteiger partial charge on any atom is -0.379 e. The number of alkyl halides is 2. The molecule has 3 atom stereocenters.